The maximum absolute atomic E-state index is 12.2. The zero-order valence-electron chi connectivity index (χ0n) is 13.5. The molecule has 0 N–H and O–H groups in total. The second kappa shape index (κ2) is 6.96. The van der Waals surface area contributed by atoms with Gasteiger partial charge in [0, 0.05) is 45.0 Å². The average Bonchev–Trinajstić information content (AvgIpc) is 2.60. The summed E-state index contributed by atoms with van der Waals surface area (Å²) >= 11 is 0. The van der Waals surface area contributed by atoms with Crippen LogP contribution >= 0.6 is 0 Å². The molecule has 0 atom stereocenters. The zero-order valence-corrected chi connectivity index (χ0v) is 13.5. The highest BCUT2D eigenvalue weighted by atomic mass is 16.2. The molecule has 2 heterocycles. The predicted octanol–water partition coefficient (Wildman–Crippen LogP) is 1.43. The van der Waals surface area contributed by atoms with Crippen LogP contribution in [0.5, 0.6) is 0 Å². The first-order chi connectivity index (χ1) is 11.1. The molecule has 1 aromatic heterocycles. The lowest BCUT2D eigenvalue weighted by atomic mass is 10.0. The van der Waals surface area contributed by atoms with Gasteiger partial charge < -0.3 is 4.90 Å². The van der Waals surface area contributed by atoms with Crippen molar-refractivity contribution in [3.05, 3.63) is 69.0 Å². The van der Waals surface area contributed by atoms with Crippen molar-refractivity contribution in [1.29, 1.82) is 0 Å². The van der Waals surface area contributed by atoms with Crippen molar-refractivity contribution >= 4 is 0 Å². The fourth-order valence-corrected chi connectivity index (χ4v) is 3.22. The molecule has 5 heteroatoms. The van der Waals surface area contributed by atoms with E-state index in [9.17, 15) is 9.59 Å². The van der Waals surface area contributed by atoms with Gasteiger partial charge in [0.05, 0.1) is 0 Å². The van der Waals surface area contributed by atoms with Gasteiger partial charge >= 0.3 is 5.69 Å². The average molecular weight is 313 g/mol. The summed E-state index contributed by atoms with van der Waals surface area (Å²) in [4.78, 5) is 26.1. The third kappa shape index (κ3) is 3.62. The van der Waals surface area contributed by atoms with E-state index >= 15 is 0 Å². The second-order valence-electron chi connectivity index (χ2n) is 6.21. The van der Waals surface area contributed by atoms with Crippen molar-refractivity contribution in [2.75, 3.05) is 19.6 Å². The predicted molar refractivity (Wildman–Crippen MR) is 90.8 cm³/mol. The fraction of sp³-hybridized carbons (Fsp3) is 0.444. The number of hydrogen-bond donors (Lipinski definition) is 0. The van der Waals surface area contributed by atoms with Gasteiger partial charge in [-0.2, -0.15) is 0 Å². The minimum absolute atomic E-state index is 0.197. The normalized spacial score (nSPS) is 16.6. The van der Waals surface area contributed by atoms with Gasteiger partial charge in [0.1, 0.15) is 0 Å². The Labute approximate surface area is 135 Å². The van der Waals surface area contributed by atoms with E-state index in [2.05, 4.69) is 29.2 Å². The summed E-state index contributed by atoms with van der Waals surface area (Å²) in [5, 5.41) is 0. The molecular weight excluding hydrogens is 290 g/mol. The van der Waals surface area contributed by atoms with Crippen molar-refractivity contribution < 1.29 is 0 Å². The van der Waals surface area contributed by atoms with Crippen LogP contribution in [0, 0.1) is 0 Å². The van der Waals surface area contributed by atoms with E-state index in [0.717, 1.165) is 38.9 Å². The molecule has 0 unspecified atom stereocenters. The lowest BCUT2D eigenvalue weighted by molar-refractivity contribution is 0.184. The number of hydrogen-bond acceptors (Lipinski definition) is 3. The standard InChI is InChI=1S/C18H23N3O2/c1-19-17(22)10-14-21(18(19)23)16-8-12-20(13-9-16)11-7-15-5-3-2-4-6-15/h2-6,10,14,16H,7-9,11-13H2,1H3. The monoisotopic (exact) mass is 313 g/mol. The zero-order chi connectivity index (χ0) is 16.2. The molecule has 0 amide bonds. The minimum Gasteiger partial charge on any atom is -0.303 e. The Bertz CT molecular complexity index is 756. The Balaban J connectivity index is 1.57. The van der Waals surface area contributed by atoms with Crippen LogP contribution in [0.3, 0.4) is 0 Å². The van der Waals surface area contributed by atoms with E-state index in [1.54, 1.807) is 10.8 Å². The van der Waals surface area contributed by atoms with Gasteiger partial charge in [0.15, 0.2) is 0 Å². The minimum atomic E-state index is -0.244. The fourth-order valence-electron chi connectivity index (χ4n) is 3.22. The SMILES string of the molecule is Cn1c(=O)ccn(C2CCN(CCc3ccccc3)CC2)c1=O. The number of piperidine rings is 1. The Morgan fingerprint density at radius 1 is 1.04 bits per heavy atom. The molecule has 1 aromatic carbocycles. The molecule has 0 radical (unpaired) electrons. The van der Waals surface area contributed by atoms with Gasteiger partial charge in [-0.05, 0) is 24.8 Å². The van der Waals surface area contributed by atoms with Crippen LogP contribution in [0.1, 0.15) is 24.4 Å². The van der Waals surface area contributed by atoms with Crippen LogP contribution < -0.4 is 11.2 Å². The van der Waals surface area contributed by atoms with Crippen molar-refractivity contribution in [2.45, 2.75) is 25.3 Å². The number of benzene rings is 1. The highest BCUT2D eigenvalue weighted by molar-refractivity contribution is 5.14. The second-order valence-corrected chi connectivity index (χ2v) is 6.21. The molecular formula is C18H23N3O2. The third-order valence-electron chi connectivity index (χ3n) is 4.73. The highest BCUT2D eigenvalue weighted by Crippen LogP contribution is 2.20. The molecule has 23 heavy (non-hydrogen) atoms. The molecule has 1 aliphatic rings. The van der Waals surface area contributed by atoms with Gasteiger partial charge in [-0.3, -0.25) is 13.9 Å². The van der Waals surface area contributed by atoms with Crippen molar-refractivity contribution in [3.63, 3.8) is 0 Å². The van der Waals surface area contributed by atoms with Gasteiger partial charge in [0.25, 0.3) is 5.56 Å². The van der Waals surface area contributed by atoms with Crippen molar-refractivity contribution in [1.82, 2.24) is 14.0 Å². The van der Waals surface area contributed by atoms with Crippen molar-refractivity contribution in [3.8, 4) is 0 Å². The quantitative estimate of drug-likeness (QED) is 0.858. The van der Waals surface area contributed by atoms with Crippen LogP contribution in [-0.2, 0) is 13.5 Å². The highest BCUT2D eigenvalue weighted by Gasteiger charge is 2.21. The van der Waals surface area contributed by atoms with Gasteiger partial charge in [-0.15, -0.1) is 0 Å². The summed E-state index contributed by atoms with van der Waals surface area (Å²) in [7, 11) is 1.54. The summed E-state index contributed by atoms with van der Waals surface area (Å²) in [5.41, 5.74) is 0.913. The lowest BCUT2D eigenvalue weighted by Gasteiger charge is -2.32. The smallest absolute Gasteiger partial charge is 0.303 e. The molecule has 1 fully saturated rings. The third-order valence-corrected chi connectivity index (χ3v) is 4.73. The Hall–Kier alpha value is -2.14. The van der Waals surface area contributed by atoms with E-state index < -0.39 is 0 Å². The maximum Gasteiger partial charge on any atom is 0.330 e. The molecule has 0 spiro atoms. The molecule has 0 bridgehead atoms. The molecule has 3 rings (SSSR count). The molecule has 1 aliphatic heterocycles. The lowest BCUT2D eigenvalue weighted by Crippen LogP contribution is -2.42. The Morgan fingerprint density at radius 3 is 2.43 bits per heavy atom. The summed E-state index contributed by atoms with van der Waals surface area (Å²) in [5.74, 6) is 0. The van der Waals surface area contributed by atoms with Crippen LogP contribution in [0.2, 0.25) is 0 Å². The Morgan fingerprint density at radius 2 is 1.74 bits per heavy atom. The molecule has 2 aromatic rings. The van der Waals surface area contributed by atoms with Crippen LogP contribution in [0.15, 0.2) is 52.2 Å². The maximum atomic E-state index is 12.2. The van der Waals surface area contributed by atoms with E-state index in [1.807, 2.05) is 6.07 Å². The first kappa shape index (κ1) is 15.7. The van der Waals surface area contributed by atoms with Crippen LogP contribution in [-0.4, -0.2) is 33.7 Å². The van der Waals surface area contributed by atoms with E-state index in [1.165, 1.54) is 23.2 Å². The van der Waals surface area contributed by atoms with Crippen LogP contribution in [0.4, 0.5) is 0 Å². The molecule has 0 saturated carbocycles. The first-order valence-corrected chi connectivity index (χ1v) is 8.19. The van der Waals surface area contributed by atoms with Gasteiger partial charge in [0.2, 0.25) is 0 Å². The van der Waals surface area contributed by atoms with Gasteiger partial charge in [-0.1, -0.05) is 30.3 Å². The van der Waals surface area contributed by atoms with Crippen molar-refractivity contribution in [2.24, 2.45) is 7.05 Å². The first-order valence-electron chi connectivity index (χ1n) is 8.19. The topological polar surface area (TPSA) is 47.2 Å². The van der Waals surface area contributed by atoms with Crippen LogP contribution in [0.25, 0.3) is 0 Å². The largest absolute Gasteiger partial charge is 0.330 e. The summed E-state index contributed by atoms with van der Waals surface area (Å²) in [6.45, 7) is 3.04. The number of aromatic nitrogens is 2. The van der Waals surface area contributed by atoms with E-state index in [-0.39, 0.29) is 17.3 Å². The number of rotatable bonds is 4. The van der Waals surface area contributed by atoms with E-state index in [0.29, 0.717) is 0 Å². The summed E-state index contributed by atoms with van der Waals surface area (Å²) in [6, 6.07) is 12.2. The summed E-state index contributed by atoms with van der Waals surface area (Å²) < 4.78 is 2.90. The molecule has 0 aliphatic carbocycles. The number of likely N-dealkylation sites (tertiary alicyclic amines) is 1. The molecule has 5 nitrogen and oxygen atoms in total. The Kier molecular flexibility index (Phi) is 4.76. The number of nitrogens with zero attached hydrogens (tertiary/aromatic N) is 3. The van der Waals surface area contributed by atoms with Gasteiger partial charge in [-0.25, -0.2) is 4.79 Å². The molecule has 122 valence electrons. The van der Waals surface area contributed by atoms with E-state index in [4.69, 9.17) is 0 Å². The molecule has 1 saturated heterocycles. The summed E-state index contributed by atoms with van der Waals surface area (Å²) in [6.07, 6.45) is 4.61.